The molecule has 0 heterocycles. The Kier molecular flexibility index (Phi) is 9.39. The average molecular weight is 363 g/mol. The molecule has 0 radical (unpaired) electrons. The molecule has 0 fully saturated rings. The molecule has 0 atom stereocenters. The Bertz CT molecular complexity index is 549. The predicted molar refractivity (Wildman–Crippen MR) is 105 cm³/mol. The van der Waals surface area contributed by atoms with Gasteiger partial charge in [0, 0.05) is 0 Å². The summed E-state index contributed by atoms with van der Waals surface area (Å²) < 4.78 is 10.7. The van der Waals surface area contributed by atoms with Crippen LogP contribution in [0, 0.1) is 25.7 Å². The van der Waals surface area contributed by atoms with Crippen molar-refractivity contribution in [2.45, 2.75) is 67.2 Å². The molecule has 0 spiro atoms. The summed E-state index contributed by atoms with van der Waals surface area (Å²) in [5.74, 6) is 0.246. The highest BCUT2D eigenvalue weighted by atomic mass is 16.5. The molecule has 0 aliphatic heterocycles. The number of aryl methyl sites for hydroxylation is 2. The predicted octanol–water partition coefficient (Wildman–Crippen LogP) is 5.49. The highest BCUT2D eigenvalue weighted by Gasteiger charge is 2.21. The van der Waals surface area contributed by atoms with Gasteiger partial charge < -0.3 is 9.47 Å². The third kappa shape index (κ3) is 7.59. The molecule has 0 bridgehead atoms. The van der Waals surface area contributed by atoms with Gasteiger partial charge in [0.25, 0.3) is 0 Å². The van der Waals surface area contributed by atoms with E-state index in [-0.39, 0.29) is 0 Å². The second-order valence-corrected chi connectivity index (χ2v) is 7.83. The van der Waals surface area contributed by atoms with Gasteiger partial charge in [-0.15, -0.1) is 0 Å². The summed E-state index contributed by atoms with van der Waals surface area (Å²) in [5.41, 5.74) is 2.50. The molecule has 146 valence electrons. The van der Waals surface area contributed by atoms with E-state index in [0.717, 1.165) is 36.8 Å². The quantitative estimate of drug-likeness (QED) is 0.408. The third-order valence-corrected chi connectivity index (χ3v) is 4.39. The molecule has 0 unspecified atom stereocenters. The molecule has 0 N–H and O–H groups in total. The molecule has 0 saturated carbocycles. The summed E-state index contributed by atoms with van der Waals surface area (Å²) in [7, 11) is 0. The summed E-state index contributed by atoms with van der Waals surface area (Å²) >= 11 is 0. The highest BCUT2D eigenvalue weighted by molar-refractivity contribution is 6.03. The van der Waals surface area contributed by atoms with Crippen LogP contribution in [-0.2, 0) is 9.47 Å². The Labute approximate surface area is 158 Å². The maximum atomic E-state index is 12.5. The molecule has 0 amide bonds. The Morgan fingerprint density at radius 1 is 0.769 bits per heavy atom. The molecular weight excluding hydrogens is 328 g/mol. The molecule has 4 nitrogen and oxygen atoms in total. The van der Waals surface area contributed by atoms with Crippen LogP contribution in [0.4, 0.5) is 0 Å². The standard InChI is InChI=1S/C22H34O4/c1-15(2)9-7-11-25-21(23)19-13-17(5)18(6)14-20(19)22(24)26-12-8-10-16(3)4/h13-16H,7-12H2,1-6H3. The fraction of sp³-hybridized carbons (Fsp3) is 0.636. The van der Waals surface area contributed by atoms with Crippen molar-refractivity contribution in [2.24, 2.45) is 11.8 Å². The van der Waals surface area contributed by atoms with Crippen LogP contribution in [0.2, 0.25) is 0 Å². The maximum Gasteiger partial charge on any atom is 0.339 e. The molecule has 0 saturated heterocycles. The van der Waals surface area contributed by atoms with E-state index in [4.69, 9.17) is 9.47 Å². The number of esters is 2. The summed E-state index contributed by atoms with van der Waals surface area (Å²) in [6, 6.07) is 3.45. The van der Waals surface area contributed by atoms with Gasteiger partial charge >= 0.3 is 11.9 Å². The number of hydrogen-bond donors (Lipinski definition) is 0. The van der Waals surface area contributed by atoms with Crippen LogP contribution in [0.15, 0.2) is 12.1 Å². The zero-order valence-corrected chi connectivity index (χ0v) is 17.2. The lowest BCUT2D eigenvalue weighted by atomic mass is 10.00. The molecule has 26 heavy (non-hydrogen) atoms. The molecule has 1 rings (SSSR count). The van der Waals surface area contributed by atoms with Gasteiger partial charge in [-0.25, -0.2) is 9.59 Å². The second-order valence-electron chi connectivity index (χ2n) is 7.83. The second kappa shape index (κ2) is 11.0. The van der Waals surface area contributed by atoms with Crippen LogP contribution >= 0.6 is 0 Å². The Balaban J connectivity index is 2.79. The minimum atomic E-state index is -0.453. The smallest absolute Gasteiger partial charge is 0.339 e. The minimum absolute atomic E-state index is 0.298. The topological polar surface area (TPSA) is 52.6 Å². The molecule has 0 aliphatic carbocycles. The summed E-state index contributed by atoms with van der Waals surface area (Å²) in [6.07, 6.45) is 3.66. The lowest BCUT2D eigenvalue weighted by Crippen LogP contribution is -2.16. The zero-order chi connectivity index (χ0) is 19.7. The van der Waals surface area contributed by atoms with E-state index in [9.17, 15) is 9.59 Å². The van der Waals surface area contributed by atoms with Crippen molar-refractivity contribution in [3.05, 3.63) is 34.4 Å². The Morgan fingerprint density at radius 2 is 1.12 bits per heavy atom. The number of carbonyl (C=O) groups is 2. The van der Waals surface area contributed by atoms with Crippen molar-refractivity contribution in [3.63, 3.8) is 0 Å². The average Bonchev–Trinajstić information content (AvgIpc) is 2.56. The normalized spacial score (nSPS) is 11.1. The number of carbonyl (C=O) groups excluding carboxylic acids is 2. The fourth-order valence-electron chi connectivity index (χ4n) is 2.62. The van der Waals surface area contributed by atoms with Crippen molar-refractivity contribution in [2.75, 3.05) is 13.2 Å². The number of benzene rings is 1. The van der Waals surface area contributed by atoms with E-state index in [0.29, 0.717) is 36.2 Å². The van der Waals surface area contributed by atoms with Crippen molar-refractivity contribution < 1.29 is 19.1 Å². The van der Waals surface area contributed by atoms with E-state index in [1.807, 2.05) is 13.8 Å². The molecule has 4 heteroatoms. The monoisotopic (exact) mass is 362 g/mol. The first-order chi connectivity index (χ1) is 12.2. The van der Waals surface area contributed by atoms with Crippen molar-refractivity contribution in [1.82, 2.24) is 0 Å². The SMILES string of the molecule is Cc1cc(C(=O)OCCCC(C)C)c(C(=O)OCCCC(C)C)cc1C. The lowest BCUT2D eigenvalue weighted by molar-refractivity contribution is 0.0447. The first-order valence-electron chi connectivity index (χ1n) is 9.67. The first kappa shape index (κ1) is 22.2. The highest BCUT2D eigenvalue weighted by Crippen LogP contribution is 2.19. The van der Waals surface area contributed by atoms with E-state index >= 15 is 0 Å². The fourth-order valence-corrected chi connectivity index (χ4v) is 2.62. The van der Waals surface area contributed by atoms with Crippen LogP contribution < -0.4 is 0 Å². The lowest BCUT2D eigenvalue weighted by Gasteiger charge is -2.13. The van der Waals surface area contributed by atoms with E-state index < -0.39 is 11.9 Å². The van der Waals surface area contributed by atoms with Gasteiger partial charge in [-0.3, -0.25) is 0 Å². The molecular formula is C22H34O4. The van der Waals surface area contributed by atoms with Gasteiger partial charge in [0.1, 0.15) is 0 Å². The summed E-state index contributed by atoms with van der Waals surface area (Å²) in [4.78, 5) is 24.9. The zero-order valence-electron chi connectivity index (χ0n) is 17.2. The molecule has 1 aromatic rings. The van der Waals surface area contributed by atoms with Crippen molar-refractivity contribution in [1.29, 1.82) is 0 Å². The van der Waals surface area contributed by atoms with E-state index in [1.54, 1.807) is 12.1 Å². The van der Waals surface area contributed by atoms with Crippen LogP contribution in [0.5, 0.6) is 0 Å². The van der Waals surface area contributed by atoms with Gasteiger partial charge in [-0.1, -0.05) is 27.7 Å². The van der Waals surface area contributed by atoms with Gasteiger partial charge in [-0.2, -0.15) is 0 Å². The molecule has 0 aromatic heterocycles. The van der Waals surface area contributed by atoms with E-state index in [1.165, 1.54) is 0 Å². The van der Waals surface area contributed by atoms with Gasteiger partial charge in [-0.05, 0) is 74.6 Å². The van der Waals surface area contributed by atoms with Crippen LogP contribution in [0.1, 0.15) is 85.2 Å². The largest absolute Gasteiger partial charge is 0.462 e. The van der Waals surface area contributed by atoms with Gasteiger partial charge in [0.05, 0.1) is 24.3 Å². The maximum absolute atomic E-state index is 12.5. The Hall–Kier alpha value is -1.84. The van der Waals surface area contributed by atoms with Crippen LogP contribution in [0.25, 0.3) is 0 Å². The number of hydrogen-bond acceptors (Lipinski definition) is 4. The van der Waals surface area contributed by atoms with Gasteiger partial charge in [0.2, 0.25) is 0 Å². The molecule has 0 aliphatic rings. The number of ether oxygens (including phenoxy) is 2. The first-order valence-corrected chi connectivity index (χ1v) is 9.67. The summed E-state index contributed by atoms with van der Waals surface area (Å²) in [6.45, 7) is 13.1. The van der Waals surface area contributed by atoms with Crippen molar-refractivity contribution >= 4 is 11.9 Å². The Morgan fingerprint density at radius 3 is 1.42 bits per heavy atom. The summed E-state index contributed by atoms with van der Waals surface area (Å²) in [5, 5.41) is 0. The minimum Gasteiger partial charge on any atom is -0.462 e. The van der Waals surface area contributed by atoms with Crippen molar-refractivity contribution in [3.8, 4) is 0 Å². The van der Waals surface area contributed by atoms with Crippen LogP contribution in [0.3, 0.4) is 0 Å². The third-order valence-electron chi connectivity index (χ3n) is 4.39. The number of rotatable bonds is 10. The van der Waals surface area contributed by atoms with E-state index in [2.05, 4.69) is 27.7 Å². The van der Waals surface area contributed by atoms with Crippen LogP contribution in [-0.4, -0.2) is 25.2 Å². The van der Waals surface area contributed by atoms with Gasteiger partial charge in [0.15, 0.2) is 0 Å². The molecule has 1 aromatic carbocycles.